The van der Waals surface area contributed by atoms with Crippen LogP contribution < -0.4 is 5.32 Å². The van der Waals surface area contributed by atoms with Gasteiger partial charge >= 0.3 is 0 Å². The van der Waals surface area contributed by atoms with Gasteiger partial charge in [-0.15, -0.1) is 6.58 Å². The molecule has 0 aliphatic heterocycles. The van der Waals surface area contributed by atoms with Gasteiger partial charge in [-0.3, -0.25) is 4.79 Å². The molecule has 0 aliphatic rings. The van der Waals surface area contributed by atoms with Crippen LogP contribution in [0.4, 0.5) is 5.69 Å². The smallest absolute Gasteiger partial charge is 0.239 e. The van der Waals surface area contributed by atoms with Crippen molar-refractivity contribution in [3.05, 3.63) is 41.4 Å². The average molecular weight is 317 g/mol. The van der Waals surface area contributed by atoms with Gasteiger partial charge in [-0.05, 0) is 24.6 Å². The monoisotopic (exact) mass is 316 g/mol. The van der Waals surface area contributed by atoms with E-state index in [-0.39, 0.29) is 13.1 Å². The zero-order chi connectivity index (χ0) is 15.3. The van der Waals surface area contributed by atoms with Crippen molar-refractivity contribution in [2.45, 2.75) is 6.92 Å². The zero-order valence-corrected chi connectivity index (χ0v) is 13.0. The molecule has 1 aromatic carbocycles. The van der Waals surface area contributed by atoms with Crippen molar-refractivity contribution in [3.63, 3.8) is 0 Å². The van der Waals surface area contributed by atoms with E-state index in [1.807, 2.05) is 0 Å². The lowest BCUT2D eigenvalue weighted by molar-refractivity contribution is -0.116. The number of amides is 1. The highest BCUT2D eigenvalue weighted by Crippen LogP contribution is 2.22. The Hall–Kier alpha value is -1.37. The Morgan fingerprint density at radius 3 is 2.70 bits per heavy atom. The number of hydrogen-bond acceptors (Lipinski definition) is 3. The quantitative estimate of drug-likeness (QED) is 0.817. The van der Waals surface area contributed by atoms with Crippen molar-refractivity contribution >= 4 is 33.2 Å². The number of nitrogens with zero attached hydrogens (tertiary/aromatic N) is 1. The Kier molecular flexibility index (Phi) is 5.74. The van der Waals surface area contributed by atoms with E-state index in [1.165, 1.54) is 6.08 Å². The molecule has 0 atom stereocenters. The molecule has 0 bridgehead atoms. The molecule has 110 valence electrons. The Morgan fingerprint density at radius 2 is 2.15 bits per heavy atom. The molecular formula is C13H17ClN2O3S. The van der Waals surface area contributed by atoms with Gasteiger partial charge in [0, 0.05) is 17.3 Å². The predicted octanol–water partition coefficient (Wildman–Crippen LogP) is 2.03. The minimum atomic E-state index is -3.46. The van der Waals surface area contributed by atoms with Crippen molar-refractivity contribution in [2.24, 2.45) is 0 Å². The number of carbonyl (C=O) groups is 1. The van der Waals surface area contributed by atoms with E-state index in [0.29, 0.717) is 10.7 Å². The second kappa shape index (κ2) is 6.88. The Balaban J connectivity index is 2.81. The first-order valence-corrected chi connectivity index (χ1v) is 8.09. The van der Waals surface area contributed by atoms with E-state index in [4.69, 9.17) is 11.6 Å². The fourth-order valence-electron chi connectivity index (χ4n) is 1.55. The summed E-state index contributed by atoms with van der Waals surface area (Å²) in [5, 5.41) is 3.18. The van der Waals surface area contributed by atoms with Crippen LogP contribution in [0.5, 0.6) is 0 Å². The maximum absolute atomic E-state index is 11.9. The summed E-state index contributed by atoms with van der Waals surface area (Å²) >= 11 is 5.95. The molecule has 0 fully saturated rings. The molecule has 1 aromatic rings. The summed E-state index contributed by atoms with van der Waals surface area (Å²) in [6.07, 6.45) is 2.48. The molecule has 1 amide bonds. The van der Waals surface area contributed by atoms with Gasteiger partial charge in [0.25, 0.3) is 0 Å². The largest absolute Gasteiger partial charge is 0.325 e. The number of hydrogen-bond donors (Lipinski definition) is 1. The SMILES string of the molecule is C=CCN(CC(=O)Nc1cccc(Cl)c1C)S(C)(=O)=O. The summed E-state index contributed by atoms with van der Waals surface area (Å²) in [7, 11) is -3.46. The number of halogens is 1. The third-order valence-electron chi connectivity index (χ3n) is 2.66. The van der Waals surface area contributed by atoms with Crippen LogP contribution in [-0.2, 0) is 14.8 Å². The van der Waals surface area contributed by atoms with Gasteiger partial charge in [0.2, 0.25) is 15.9 Å². The van der Waals surface area contributed by atoms with Gasteiger partial charge in [-0.1, -0.05) is 23.7 Å². The van der Waals surface area contributed by atoms with Crippen molar-refractivity contribution in [3.8, 4) is 0 Å². The fraction of sp³-hybridized carbons (Fsp3) is 0.308. The van der Waals surface area contributed by atoms with Gasteiger partial charge < -0.3 is 5.32 Å². The lowest BCUT2D eigenvalue weighted by atomic mass is 10.2. The molecule has 0 spiro atoms. The van der Waals surface area contributed by atoms with Gasteiger partial charge in [-0.2, -0.15) is 4.31 Å². The molecule has 1 rings (SSSR count). The summed E-state index contributed by atoms with van der Waals surface area (Å²) in [5.41, 5.74) is 1.30. The number of carbonyl (C=O) groups excluding carboxylic acids is 1. The van der Waals surface area contributed by atoms with E-state index < -0.39 is 15.9 Å². The summed E-state index contributed by atoms with van der Waals surface area (Å²) in [4.78, 5) is 11.9. The second-order valence-electron chi connectivity index (χ2n) is 4.30. The lowest BCUT2D eigenvalue weighted by Crippen LogP contribution is -2.37. The van der Waals surface area contributed by atoms with Crippen LogP contribution in [-0.4, -0.2) is 38.0 Å². The van der Waals surface area contributed by atoms with E-state index in [1.54, 1.807) is 25.1 Å². The first-order valence-electron chi connectivity index (χ1n) is 5.86. The van der Waals surface area contributed by atoms with Gasteiger partial charge in [0.05, 0.1) is 12.8 Å². The van der Waals surface area contributed by atoms with Crippen LogP contribution in [0.2, 0.25) is 5.02 Å². The third-order valence-corrected chi connectivity index (χ3v) is 4.29. The Labute approximate surface area is 124 Å². The van der Waals surface area contributed by atoms with E-state index in [2.05, 4.69) is 11.9 Å². The molecule has 0 radical (unpaired) electrons. The molecule has 0 aliphatic carbocycles. The number of sulfonamides is 1. The van der Waals surface area contributed by atoms with Crippen LogP contribution in [0.15, 0.2) is 30.9 Å². The topological polar surface area (TPSA) is 66.5 Å². The summed E-state index contributed by atoms with van der Waals surface area (Å²) in [6.45, 7) is 5.07. The van der Waals surface area contributed by atoms with E-state index >= 15 is 0 Å². The highest BCUT2D eigenvalue weighted by molar-refractivity contribution is 7.88. The van der Waals surface area contributed by atoms with Crippen LogP contribution >= 0.6 is 11.6 Å². The first-order chi connectivity index (χ1) is 9.25. The molecule has 0 aromatic heterocycles. The standard InChI is InChI=1S/C13H17ClN2O3S/c1-4-8-16(20(3,18)19)9-13(17)15-12-7-5-6-11(14)10(12)2/h4-7H,1,8-9H2,2-3H3,(H,15,17). The highest BCUT2D eigenvalue weighted by Gasteiger charge is 2.19. The summed E-state index contributed by atoms with van der Waals surface area (Å²) in [6, 6.07) is 5.13. The van der Waals surface area contributed by atoms with Crippen molar-refractivity contribution in [2.75, 3.05) is 24.7 Å². The number of nitrogens with one attached hydrogen (secondary N) is 1. The van der Waals surface area contributed by atoms with Gasteiger partial charge in [-0.25, -0.2) is 8.42 Å². The molecule has 0 saturated carbocycles. The fourth-order valence-corrected chi connectivity index (χ4v) is 2.46. The molecule has 5 nitrogen and oxygen atoms in total. The maximum atomic E-state index is 11.9. The highest BCUT2D eigenvalue weighted by atomic mass is 35.5. The maximum Gasteiger partial charge on any atom is 0.239 e. The average Bonchev–Trinajstić information content (AvgIpc) is 2.33. The molecule has 7 heteroatoms. The van der Waals surface area contributed by atoms with E-state index in [0.717, 1.165) is 16.1 Å². The zero-order valence-electron chi connectivity index (χ0n) is 11.4. The Bertz CT molecular complexity index is 614. The summed E-state index contributed by atoms with van der Waals surface area (Å²) in [5.74, 6) is -0.428. The van der Waals surface area contributed by atoms with Gasteiger partial charge in [0.15, 0.2) is 0 Å². The molecular weight excluding hydrogens is 300 g/mol. The summed E-state index contributed by atoms with van der Waals surface area (Å²) < 4.78 is 24.1. The van der Waals surface area contributed by atoms with Crippen molar-refractivity contribution in [1.82, 2.24) is 4.31 Å². The van der Waals surface area contributed by atoms with Crippen LogP contribution in [0.3, 0.4) is 0 Å². The predicted molar refractivity (Wildman–Crippen MR) is 81.4 cm³/mol. The lowest BCUT2D eigenvalue weighted by Gasteiger charge is -2.18. The minimum Gasteiger partial charge on any atom is -0.325 e. The third kappa shape index (κ3) is 4.63. The van der Waals surface area contributed by atoms with Crippen molar-refractivity contribution < 1.29 is 13.2 Å². The molecule has 20 heavy (non-hydrogen) atoms. The van der Waals surface area contributed by atoms with E-state index in [9.17, 15) is 13.2 Å². The minimum absolute atomic E-state index is 0.0841. The Morgan fingerprint density at radius 1 is 1.50 bits per heavy atom. The molecule has 0 heterocycles. The molecule has 0 unspecified atom stereocenters. The number of anilines is 1. The normalized spacial score (nSPS) is 11.4. The molecule has 0 saturated heterocycles. The number of benzene rings is 1. The molecule has 1 N–H and O–H groups in total. The second-order valence-corrected chi connectivity index (χ2v) is 6.69. The number of rotatable bonds is 6. The van der Waals surface area contributed by atoms with Crippen LogP contribution in [0.25, 0.3) is 0 Å². The van der Waals surface area contributed by atoms with Gasteiger partial charge in [0.1, 0.15) is 0 Å². The van der Waals surface area contributed by atoms with Crippen molar-refractivity contribution in [1.29, 1.82) is 0 Å². The van der Waals surface area contributed by atoms with Crippen LogP contribution in [0.1, 0.15) is 5.56 Å². The van der Waals surface area contributed by atoms with Crippen LogP contribution in [0, 0.1) is 6.92 Å². The first kappa shape index (κ1) is 16.7.